The van der Waals surface area contributed by atoms with Crippen LogP contribution in [0.3, 0.4) is 0 Å². The number of aromatic hydroxyl groups is 1. The first-order chi connectivity index (χ1) is 14.5. The number of halogens is 2. The zero-order valence-corrected chi connectivity index (χ0v) is 16.9. The molecule has 0 saturated carbocycles. The van der Waals surface area contributed by atoms with Gasteiger partial charge in [-0.05, 0) is 54.8 Å². The number of methoxy groups -OCH3 is 1. The van der Waals surface area contributed by atoms with E-state index in [2.05, 4.69) is 4.98 Å². The van der Waals surface area contributed by atoms with Crippen molar-refractivity contribution in [3.63, 3.8) is 0 Å². The highest BCUT2D eigenvalue weighted by Crippen LogP contribution is 2.31. The van der Waals surface area contributed by atoms with Gasteiger partial charge in [0.05, 0.1) is 23.6 Å². The Morgan fingerprint density at radius 2 is 1.90 bits per heavy atom. The zero-order valence-electron chi connectivity index (χ0n) is 16.1. The molecule has 0 amide bonds. The van der Waals surface area contributed by atoms with Gasteiger partial charge in [-0.2, -0.15) is 4.09 Å². The second-order valence-electron chi connectivity index (χ2n) is 6.81. The Labute approximate surface area is 177 Å². The summed E-state index contributed by atoms with van der Waals surface area (Å²) in [5.74, 6) is 0.339. The minimum Gasteiger partial charge on any atom is -0.507 e. The fraction of sp³-hybridized carbons (Fsp3) is 0.130. The van der Waals surface area contributed by atoms with E-state index in [1.165, 1.54) is 25.3 Å². The lowest BCUT2D eigenvalue weighted by Gasteiger charge is -2.14. The van der Waals surface area contributed by atoms with Gasteiger partial charge in [0, 0.05) is 17.3 Å². The molecule has 0 bridgehead atoms. The summed E-state index contributed by atoms with van der Waals surface area (Å²) in [4.78, 5) is 17.7. The molecule has 7 heteroatoms. The standard InChI is InChI=1S/C23H18ClFN2O3/c1-30-20-12-11-18-21(17(20)10-9-14-5-4-6-15(25)13-14)23(29)27(24)22(26-18)16-7-2-3-8-19(16)28/h2-8,11-13,28H,9-10H2,1H3. The highest BCUT2D eigenvalue weighted by molar-refractivity contribution is 6.17. The summed E-state index contributed by atoms with van der Waals surface area (Å²) in [7, 11) is 1.52. The van der Waals surface area contributed by atoms with Crippen molar-refractivity contribution in [3.05, 3.63) is 88.0 Å². The van der Waals surface area contributed by atoms with Gasteiger partial charge in [0.25, 0.3) is 5.56 Å². The number of nitrogens with zero attached hydrogens (tertiary/aromatic N) is 2. The van der Waals surface area contributed by atoms with E-state index in [0.717, 1.165) is 9.65 Å². The maximum absolute atomic E-state index is 13.5. The quantitative estimate of drug-likeness (QED) is 0.504. The van der Waals surface area contributed by atoms with Gasteiger partial charge in [0.1, 0.15) is 17.3 Å². The van der Waals surface area contributed by atoms with Crippen LogP contribution in [-0.4, -0.2) is 21.3 Å². The fourth-order valence-electron chi connectivity index (χ4n) is 3.53. The van der Waals surface area contributed by atoms with Crippen LogP contribution < -0.4 is 10.3 Å². The summed E-state index contributed by atoms with van der Waals surface area (Å²) < 4.78 is 19.9. The van der Waals surface area contributed by atoms with Gasteiger partial charge in [-0.25, -0.2) is 9.37 Å². The average Bonchev–Trinajstić information content (AvgIpc) is 2.75. The van der Waals surface area contributed by atoms with E-state index in [-0.39, 0.29) is 17.4 Å². The third kappa shape index (κ3) is 3.62. The van der Waals surface area contributed by atoms with Crippen LogP contribution in [0, 0.1) is 5.82 Å². The Bertz CT molecular complexity index is 1300. The fourth-order valence-corrected chi connectivity index (χ4v) is 3.74. The van der Waals surface area contributed by atoms with Crippen LogP contribution in [0.2, 0.25) is 0 Å². The number of aromatic nitrogens is 2. The highest BCUT2D eigenvalue weighted by Gasteiger charge is 2.19. The van der Waals surface area contributed by atoms with Gasteiger partial charge in [-0.1, -0.05) is 24.3 Å². The number of hydrogen-bond donors (Lipinski definition) is 1. The van der Waals surface area contributed by atoms with Crippen LogP contribution in [0.4, 0.5) is 4.39 Å². The molecule has 0 aliphatic carbocycles. The second kappa shape index (κ2) is 8.16. The van der Waals surface area contributed by atoms with Gasteiger partial charge >= 0.3 is 0 Å². The minimum atomic E-state index is -0.465. The van der Waals surface area contributed by atoms with Crippen LogP contribution >= 0.6 is 11.8 Å². The lowest BCUT2D eigenvalue weighted by atomic mass is 10.00. The van der Waals surface area contributed by atoms with Crippen molar-refractivity contribution in [2.75, 3.05) is 7.11 Å². The van der Waals surface area contributed by atoms with E-state index in [1.54, 1.807) is 36.4 Å². The van der Waals surface area contributed by atoms with Gasteiger partial charge in [0.15, 0.2) is 5.82 Å². The van der Waals surface area contributed by atoms with Crippen molar-refractivity contribution in [2.24, 2.45) is 0 Å². The number of phenols is 1. The largest absolute Gasteiger partial charge is 0.507 e. The van der Waals surface area contributed by atoms with Crippen molar-refractivity contribution < 1.29 is 14.2 Å². The summed E-state index contributed by atoms with van der Waals surface area (Å²) in [6.07, 6.45) is 0.948. The number of aryl methyl sites for hydroxylation is 2. The van der Waals surface area contributed by atoms with Gasteiger partial charge in [0.2, 0.25) is 0 Å². The molecule has 0 atom stereocenters. The molecular weight excluding hydrogens is 407 g/mol. The molecule has 1 aromatic heterocycles. The molecule has 1 N–H and O–H groups in total. The maximum Gasteiger partial charge on any atom is 0.276 e. The molecule has 152 valence electrons. The lowest BCUT2D eigenvalue weighted by molar-refractivity contribution is 0.410. The number of para-hydroxylation sites is 1. The zero-order chi connectivity index (χ0) is 21.3. The van der Waals surface area contributed by atoms with Crippen molar-refractivity contribution in [2.45, 2.75) is 12.8 Å². The van der Waals surface area contributed by atoms with Crippen LogP contribution in [0.1, 0.15) is 11.1 Å². The number of fused-ring (bicyclic) bond motifs is 1. The van der Waals surface area contributed by atoms with Gasteiger partial charge in [-0.3, -0.25) is 4.79 Å². The number of phenolic OH excluding ortho intramolecular Hbond substituents is 1. The summed E-state index contributed by atoms with van der Waals surface area (Å²) in [5, 5.41) is 10.5. The Kier molecular flexibility index (Phi) is 5.42. The predicted octanol–water partition coefficient (Wildman–Crippen LogP) is 4.70. The number of rotatable bonds is 5. The molecule has 1 heterocycles. The van der Waals surface area contributed by atoms with Crippen LogP contribution in [-0.2, 0) is 12.8 Å². The molecule has 0 unspecified atom stereocenters. The number of hydrogen-bond acceptors (Lipinski definition) is 4. The molecule has 0 aliphatic heterocycles. The Hall–Kier alpha value is -3.38. The van der Waals surface area contributed by atoms with Crippen molar-refractivity contribution in [3.8, 4) is 22.9 Å². The smallest absolute Gasteiger partial charge is 0.276 e. The monoisotopic (exact) mass is 424 g/mol. The topological polar surface area (TPSA) is 64.3 Å². The SMILES string of the molecule is COc1ccc2nc(-c3ccccc3O)n(Cl)c(=O)c2c1CCc1cccc(F)c1. The van der Waals surface area contributed by atoms with E-state index in [9.17, 15) is 14.3 Å². The summed E-state index contributed by atoms with van der Waals surface area (Å²) in [6.45, 7) is 0. The molecule has 4 aromatic rings. The lowest BCUT2D eigenvalue weighted by Crippen LogP contribution is -2.19. The first-order valence-electron chi connectivity index (χ1n) is 9.31. The molecule has 4 rings (SSSR count). The molecule has 0 radical (unpaired) electrons. The molecule has 0 spiro atoms. The molecule has 5 nitrogen and oxygen atoms in total. The molecule has 3 aromatic carbocycles. The van der Waals surface area contributed by atoms with Crippen LogP contribution in [0.15, 0.2) is 65.5 Å². The highest BCUT2D eigenvalue weighted by atomic mass is 35.5. The molecular formula is C23H18ClFN2O3. The average molecular weight is 425 g/mol. The molecule has 30 heavy (non-hydrogen) atoms. The van der Waals surface area contributed by atoms with Crippen molar-refractivity contribution in [1.82, 2.24) is 9.07 Å². The molecule has 0 aliphatic rings. The Balaban J connectivity index is 1.86. The predicted molar refractivity (Wildman–Crippen MR) is 115 cm³/mol. The van der Waals surface area contributed by atoms with E-state index in [4.69, 9.17) is 16.5 Å². The summed E-state index contributed by atoms with van der Waals surface area (Å²) in [6, 6.07) is 16.3. The van der Waals surface area contributed by atoms with Crippen molar-refractivity contribution in [1.29, 1.82) is 0 Å². The first-order valence-corrected chi connectivity index (χ1v) is 9.65. The maximum atomic E-state index is 13.5. The van der Waals surface area contributed by atoms with Crippen LogP contribution in [0.5, 0.6) is 11.5 Å². The minimum absolute atomic E-state index is 0.0296. The summed E-state index contributed by atoms with van der Waals surface area (Å²) >= 11 is 6.32. The molecule has 0 saturated heterocycles. The van der Waals surface area contributed by atoms with Crippen molar-refractivity contribution >= 4 is 22.7 Å². The Morgan fingerprint density at radius 3 is 2.63 bits per heavy atom. The number of benzene rings is 3. The van der Waals surface area contributed by atoms with Gasteiger partial charge < -0.3 is 9.84 Å². The van der Waals surface area contributed by atoms with Gasteiger partial charge in [-0.15, -0.1) is 0 Å². The summed E-state index contributed by atoms with van der Waals surface area (Å²) in [5.41, 5.74) is 1.77. The normalized spacial score (nSPS) is 11.0. The number of ether oxygens (including phenoxy) is 1. The van der Waals surface area contributed by atoms with E-state index in [0.29, 0.717) is 40.6 Å². The molecule has 0 fully saturated rings. The third-order valence-electron chi connectivity index (χ3n) is 4.97. The van der Waals surface area contributed by atoms with E-state index < -0.39 is 5.56 Å². The van der Waals surface area contributed by atoms with Crippen LogP contribution in [0.25, 0.3) is 22.3 Å². The third-order valence-corrected chi connectivity index (χ3v) is 5.28. The first kappa shape index (κ1) is 19.9. The van der Waals surface area contributed by atoms with E-state index in [1.807, 2.05) is 6.07 Å². The van der Waals surface area contributed by atoms with E-state index >= 15 is 0 Å². The Morgan fingerprint density at radius 1 is 1.10 bits per heavy atom. The second-order valence-corrected chi connectivity index (χ2v) is 7.15.